The second-order valence-corrected chi connectivity index (χ2v) is 8.42. The fraction of sp³-hybridized carbons (Fsp3) is 0.148. The summed E-state index contributed by atoms with van der Waals surface area (Å²) >= 11 is 0. The molecule has 4 heterocycles. The quantitative estimate of drug-likeness (QED) is 0.296. The van der Waals surface area contributed by atoms with Crippen LogP contribution in [0.4, 0.5) is 5.82 Å². The number of hydrogen-bond donors (Lipinski definition) is 2. The minimum Gasteiger partial charge on any atom is -0.351 e. The third kappa shape index (κ3) is 4.33. The lowest BCUT2D eigenvalue weighted by Gasteiger charge is -2.13. The van der Waals surface area contributed by atoms with Gasteiger partial charge in [-0.25, -0.2) is 4.57 Å². The number of fused-ring (bicyclic) bond motifs is 2. The van der Waals surface area contributed by atoms with Crippen molar-refractivity contribution in [1.82, 2.24) is 19.7 Å². The van der Waals surface area contributed by atoms with Crippen LogP contribution in [-0.2, 0) is 13.0 Å². The first kappa shape index (κ1) is 22.2. The summed E-state index contributed by atoms with van der Waals surface area (Å²) in [7, 11) is 0. The Kier molecular flexibility index (Phi) is 5.93. The molecule has 5 rings (SSSR count). The normalized spacial score (nSPS) is 11.1. The molecule has 1 amide bonds. The smallest absolute Gasteiger partial charge is 0.278 e. The van der Waals surface area contributed by atoms with Gasteiger partial charge >= 0.3 is 0 Å². The van der Waals surface area contributed by atoms with Crippen LogP contribution in [0.25, 0.3) is 16.7 Å². The highest BCUT2D eigenvalue weighted by atomic mass is 16.1. The summed E-state index contributed by atoms with van der Waals surface area (Å²) in [6, 6.07) is 18.9. The number of benzene rings is 1. The Bertz CT molecular complexity index is 1600. The largest absolute Gasteiger partial charge is 0.351 e. The molecule has 5 aromatic rings. The Morgan fingerprint density at radius 2 is 1.89 bits per heavy atom. The van der Waals surface area contributed by atoms with Gasteiger partial charge in [0.15, 0.2) is 0 Å². The molecule has 0 saturated heterocycles. The highest BCUT2D eigenvalue weighted by Crippen LogP contribution is 2.17. The fourth-order valence-electron chi connectivity index (χ4n) is 4.19. The summed E-state index contributed by atoms with van der Waals surface area (Å²) in [6.45, 7) is 2.66. The molecule has 0 aliphatic rings. The summed E-state index contributed by atoms with van der Waals surface area (Å²) in [5, 5.41) is 3.25. The number of nitrogen functional groups attached to an aromatic ring is 1. The lowest BCUT2D eigenvalue weighted by Crippen LogP contribution is -2.43. The first-order valence-electron chi connectivity index (χ1n) is 11.4. The van der Waals surface area contributed by atoms with Crippen LogP contribution in [0.2, 0.25) is 0 Å². The van der Waals surface area contributed by atoms with Gasteiger partial charge in [-0.1, -0.05) is 47.4 Å². The first-order valence-corrected chi connectivity index (χ1v) is 11.4. The molecule has 8 heteroatoms. The van der Waals surface area contributed by atoms with E-state index in [2.05, 4.69) is 10.3 Å². The van der Waals surface area contributed by atoms with Gasteiger partial charge in [-0.15, -0.1) is 0 Å². The number of aromatic nitrogens is 4. The highest BCUT2D eigenvalue weighted by molar-refractivity contribution is 6.00. The number of carbonyl (C=O) groups is 1. The van der Waals surface area contributed by atoms with Crippen molar-refractivity contribution in [2.75, 3.05) is 12.3 Å². The Balaban J connectivity index is 1.61. The van der Waals surface area contributed by atoms with Gasteiger partial charge in [0.1, 0.15) is 10.9 Å². The minimum absolute atomic E-state index is 0.237. The SMILES string of the molecule is Cc1cccn2c(=O)c3cc(C(=O)NCCc4ccccc4)c(N)[n+](Cc4cccnc4)c3nc12. The van der Waals surface area contributed by atoms with Crippen LogP contribution in [0.1, 0.15) is 27.0 Å². The number of aryl methyl sites for hydroxylation is 1. The Morgan fingerprint density at radius 3 is 2.66 bits per heavy atom. The third-order valence-corrected chi connectivity index (χ3v) is 6.03. The van der Waals surface area contributed by atoms with Gasteiger partial charge in [0.05, 0.1) is 6.54 Å². The van der Waals surface area contributed by atoms with Crippen LogP contribution in [-0.4, -0.2) is 26.8 Å². The zero-order valence-corrected chi connectivity index (χ0v) is 19.3. The van der Waals surface area contributed by atoms with Crippen molar-refractivity contribution in [3.05, 3.63) is 112 Å². The summed E-state index contributed by atoms with van der Waals surface area (Å²) in [4.78, 5) is 35.6. The number of hydrogen-bond acceptors (Lipinski definition) is 5. The van der Waals surface area contributed by atoms with Crippen LogP contribution >= 0.6 is 0 Å². The average molecular weight is 466 g/mol. The molecule has 0 aliphatic carbocycles. The number of nitrogens with zero attached hydrogens (tertiary/aromatic N) is 4. The maximum Gasteiger partial charge on any atom is 0.278 e. The van der Waals surface area contributed by atoms with E-state index in [0.717, 1.165) is 16.7 Å². The van der Waals surface area contributed by atoms with Crippen molar-refractivity contribution in [2.45, 2.75) is 19.9 Å². The molecule has 0 atom stereocenters. The number of carbonyl (C=O) groups excluding carboxylic acids is 1. The van der Waals surface area contributed by atoms with E-state index >= 15 is 0 Å². The zero-order chi connectivity index (χ0) is 24.4. The van der Waals surface area contributed by atoms with Crippen molar-refractivity contribution in [3.63, 3.8) is 0 Å². The van der Waals surface area contributed by atoms with E-state index in [1.54, 1.807) is 35.3 Å². The van der Waals surface area contributed by atoms with Gasteiger partial charge < -0.3 is 11.1 Å². The van der Waals surface area contributed by atoms with Gasteiger partial charge in [0, 0.05) is 36.3 Å². The van der Waals surface area contributed by atoms with Crippen molar-refractivity contribution in [2.24, 2.45) is 0 Å². The predicted molar refractivity (Wildman–Crippen MR) is 134 cm³/mol. The molecule has 0 fully saturated rings. The molecule has 174 valence electrons. The molecule has 0 spiro atoms. The molecular weight excluding hydrogens is 440 g/mol. The van der Waals surface area contributed by atoms with Crippen molar-refractivity contribution >= 4 is 28.4 Å². The standard InChI is InChI=1S/C27H24N6O2/c1-18-7-6-14-32-24(18)31-25-22(27(32)35)15-21(23(28)33(25)17-20-10-5-12-29-16-20)26(34)30-13-11-19-8-3-2-4-9-19/h2-10,12,14-16,28H,11,13,17H2,1H3,(H,30,34)/p+1. The summed E-state index contributed by atoms with van der Waals surface area (Å²) in [6.07, 6.45) is 5.78. The van der Waals surface area contributed by atoms with Gasteiger partial charge in [-0.3, -0.25) is 19.0 Å². The van der Waals surface area contributed by atoms with Crippen molar-refractivity contribution in [1.29, 1.82) is 0 Å². The van der Waals surface area contributed by atoms with Gasteiger partial charge in [0.25, 0.3) is 17.1 Å². The molecule has 0 radical (unpaired) electrons. The molecular formula is C27H25N6O2+. The lowest BCUT2D eigenvalue weighted by atomic mass is 10.1. The van der Waals surface area contributed by atoms with Crippen LogP contribution < -0.4 is 21.2 Å². The number of amides is 1. The predicted octanol–water partition coefficient (Wildman–Crippen LogP) is 2.44. The summed E-state index contributed by atoms with van der Waals surface area (Å²) < 4.78 is 3.21. The van der Waals surface area contributed by atoms with Gasteiger partial charge in [0.2, 0.25) is 11.5 Å². The molecule has 1 aromatic carbocycles. The van der Waals surface area contributed by atoms with Gasteiger partial charge in [-0.05, 0) is 37.1 Å². The van der Waals surface area contributed by atoms with E-state index in [1.165, 1.54) is 4.40 Å². The Labute approximate surface area is 201 Å². The maximum atomic E-state index is 13.5. The Morgan fingerprint density at radius 1 is 1.09 bits per heavy atom. The highest BCUT2D eigenvalue weighted by Gasteiger charge is 2.25. The van der Waals surface area contributed by atoms with Crippen molar-refractivity contribution < 1.29 is 9.36 Å². The molecule has 0 saturated carbocycles. The molecule has 35 heavy (non-hydrogen) atoms. The average Bonchev–Trinajstić information content (AvgIpc) is 2.88. The minimum atomic E-state index is -0.339. The van der Waals surface area contributed by atoms with Gasteiger partial charge in [-0.2, -0.15) is 0 Å². The first-order chi connectivity index (χ1) is 17.0. The molecule has 8 nitrogen and oxygen atoms in total. The van der Waals surface area contributed by atoms with E-state index < -0.39 is 0 Å². The molecule has 3 N–H and O–H groups in total. The van der Waals surface area contributed by atoms with E-state index in [9.17, 15) is 9.59 Å². The number of anilines is 1. The number of nitrogens with two attached hydrogens (primary N) is 1. The fourth-order valence-corrected chi connectivity index (χ4v) is 4.19. The van der Waals surface area contributed by atoms with E-state index in [0.29, 0.717) is 36.2 Å². The number of nitrogens with one attached hydrogen (secondary N) is 1. The summed E-state index contributed by atoms with van der Waals surface area (Å²) in [5.41, 5.74) is 10.4. The topological polar surface area (TPSA) is 106 Å². The third-order valence-electron chi connectivity index (χ3n) is 6.03. The number of pyridine rings is 3. The molecule has 0 unspecified atom stereocenters. The van der Waals surface area contributed by atoms with E-state index in [-0.39, 0.29) is 22.8 Å². The lowest BCUT2D eigenvalue weighted by molar-refractivity contribution is -0.649. The number of rotatable bonds is 6. The zero-order valence-electron chi connectivity index (χ0n) is 19.3. The van der Waals surface area contributed by atoms with E-state index in [1.807, 2.05) is 55.5 Å². The van der Waals surface area contributed by atoms with E-state index in [4.69, 9.17) is 10.7 Å². The Hall–Kier alpha value is -4.59. The summed E-state index contributed by atoms with van der Waals surface area (Å²) in [5.74, 6) is -0.0996. The molecule has 4 aromatic heterocycles. The van der Waals surface area contributed by atoms with Crippen LogP contribution in [0.5, 0.6) is 0 Å². The molecule has 0 bridgehead atoms. The van der Waals surface area contributed by atoms with Crippen molar-refractivity contribution in [3.8, 4) is 0 Å². The molecule has 0 aliphatic heterocycles. The van der Waals surface area contributed by atoms with Crippen LogP contribution in [0.15, 0.2) is 84.0 Å². The second-order valence-electron chi connectivity index (χ2n) is 8.42. The monoisotopic (exact) mass is 465 g/mol. The second kappa shape index (κ2) is 9.34. The maximum absolute atomic E-state index is 13.5. The van der Waals surface area contributed by atoms with Crippen LogP contribution in [0, 0.1) is 6.92 Å². The van der Waals surface area contributed by atoms with Crippen LogP contribution in [0.3, 0.4) is 0 Å².